The highest BCUT2D eigenvalue weighted by molar-refractivity contribution is 7.10. The summed E-state index contributed by atoms with van der Waals surface area (Å²) in [4.78, 5) is 24.5. The van der Waals surface area contributed by atoms with Crippen molar-refractivity contribution in [3.05, 3.63) is 58.3 Å². The lowest BCUT2D eigenvalue weighted by molar-refractivity contribution is -0.148. The largest absolute Gasteiger partial charge is 0.449 e. The Morgan fingerprint density at radius 3 is 2.56 bits per heavy atom. The molecule has 0 aliphatic rings. The fraction of sp³-hybridized carbons (Fsp3) is 0.176. The van der Waals surface area contributed by atoms with E-state index in [0.717, 1.165) is 23.1 Å². The smallest absolute Gasteiger partial charge is 0.418 e. The molecule has 25 heavy (non-hydrogen) atoms. The second-order valence-corrected chi connectivity index (χ2v) is 5.94. The zero-order valence-corrected chi connectivity index (χ0v) is 13.9. The van der Waals surface area contributed by atoms with Crippen LogP contribution in [0.25, 0.3) is 6.08 Å². The molecule has 4 nitrogen and oxygen atoms in total. The highest BCUT2D eigenvalue weighted by atomic mass is 32.1. The normalized spacial score (nSPS) is 12.8. The van der Waals surface area contributed by atoms with Crippen molar-refractivity contribution in [3.63, 3.8) is 0 Å². The molecule has 0 spiro atoms. The zero-order valence-electron chi connectivity index (χ0n) is 13.0. The zero-order chi connectivity index (χ0) is 18.4. The highest BCUT2D eigenvalue weighted by Gasteiger charge is 2.34. The molecular weight excluding hydrogens is 355 g/mol. The van der Waals surface area contributed by atoms with Crippen LogP contribution in [0, 0.1) is 0 Å². The fourth-order valence-corrected chi connectivity index (χ4v) is 2.49. The summed E-state index contributed by atoms with van der Waals surface area (Å²) in [5, 5.41) is 3.97. The Morgan fingerprint density at radius 1 is 1.20 bits per heavy atom. The van der Waals surface area contributed by atoms with Crippen LogP contribution >= 0.6 is 11.3 Å². The van der Waals surface area contributed by atoms with Crippen molar-refractivity contribution in [3.8, 4) is 0 Å². The number of carbonyl (C=O) groups excluding carboxylic acids is 2. The van der Waals surface area contributed by atoms with Crippen molar-refractivity contribution in [1.29, 1.82) is 0 Å². The third-order valence-corrected chi connectivity index (χ3v) is 3.92. The van der Waals surface area contributed by atoms with E-state index >= 15 is 0 Å². The number of anilines is 1. The van der Waals surface area contributed by atoms with Crippen LogP contribution in [0.1, 0.15) is 17.4 Å². The number of hydrogen-bond acceptors (Lipinski definition) is 4. The van der Waals surface area contributed by atoms with Crippen LogP contribution < -0.4 is 5.32 Å². The van der Waals surface area contributed by atoms with Crippen LogP contribution in [0.5, 0.6) is 0 Å². The standard InChI is InChI=1S/C17H14F3NO3S/c1-11(24-15(22)9-8-12-5-4-10-25-12)16(23)21-14-7-3-2-6-13(14)17(18,19)20/h2-11H,1H3,(H,21,23)/b9-8+/t11-/m1/s1. The van der Waals surface area contributed by atoms with Crippen LogP contribution in [0.4, 0.5) is 18.9 Å². The molecule has 0 fully saturated rings. The van der Waals surface area contributed by atoms with Gasteiger partial charge in [0.15, 0.2) is 6.10 Å². The van der Waals surface area contributed by atoms with Gasteiger partial charge in [-0.2, -0.15) is 13.2 Å². The second-order valence-electron chi connectivity index (χ2n) is 4.96. The maximum Gasteiger partial charge on any atom is 0.418 e. The molecule has 1 amide bonds. The number of amides is 1. The Hall–Kier alpha value is -2.61. The topological polar surface area (TPSA) is 55.4 Å². The van der Waals surface area contributed by atoms with Crippen molar-refractivity contribution in [2.24, 2.45) is 0 Å². The summed E-state index contributed by atoms with van der Waals surface area (Å²) in [6, 6.07) is 8.17. The maximum atomic E-state index is 12.9. The number of para-hydroxylation sites is 1. The SMILES string of the molecule is C[C@@H](OC(=O)/C=C/c1cccs1)C(=O)Nc1ccccc1C(F)(F)F. The van der Waals surface area contributed by atoms with Crippen molar-refractivity contribution in [2.45, 2.75) is 19.2 Å². The summed E-state index contributed by atoms with van der Waals surface area (Å²) in [6.07, 6.45) is -3.18. The molecule has 8 heteroatoms. The first-order valence-electron chi connectivity index (χ1n) is 7.16. The van der Waals surface area contributed by atoms with Crippen LogP contribution in [-0.4, -0.2) is 18.0 Å². The van der Waals surface area contributed by atoms with Gasteiger partial charge in [0, 0.05) is 11.0 Å². The van der Waals surface area contributed by atoms with Gasteiger partial charge in [-0.1, -0.05) is 18.2 Å². The summed E-state index contributed by atoms with van der Waals surface area (Å²) >= 11 is 1.42. The Kier molecular flexibility index (Phi) is 5.97. The van der Waals surface area contributed by atoms with Crippen molar-refractivity contribution in [1.82, 2.24) is 0 Å². The summed E-state index contributed by atoms with van der Waals surface area (Å²) in [5.74, 6) is -1.62. The number of nitrogens with one attached hydrogen (secondary N) is 1. The molecule has 1 N–H and O–H groups in total. The predicted octanol–water partition coefficient (Wildman–Crippen LogP) is 4.35. The number of hydrogen-bond donors (Lipinski definition) is 1. The molecule has 1 aromatic carbocycles. The molecule has 2 rings (SSSR count). The van der Waals surface area contributed by atoms with E-state index in [1.165, 1.54) is 36.5 Å². The van der Waals surface area contributed by atoms with Gasteiger partial charge >= 0.3 is 12.1 Å². The maximum absolute atomic E-state index is 12.9. The number of esters is 1. The van der Waals surface area contributed by atoms with Gasteiger partial charge in [0.05, 0.1) is 11.3 Å². The van der Waals surface area contributed by atoms with Gasteiger partial charge < -0.3 is 10.1 Å². The fourth-order valence-electron chi connectivity index (χ4n) is 1.88. The average Bonchev–Trinajstić information content (AvgIpc) is 3.05. The Morgan fingerprint density at radius 2 is 1.92 bits per heavy atom. The summed E-state index contributed by atoms with van der Waals surface area (Å²) in [5.41, 5.74) is -1.36. The average molecular weight is 369 g/mol. The summed E-state index contributed by atoms with van der Waals surface area (Å²) in [6.45, 7) is 1.28. The Bertz CT molecular complexity index is 770. The first-order chi connectivity index (χ1) is 11.8. The van der Waals surface area contributed by atoms with E-state index in [2.05, 4.69) is 5.32 Å². The van der Waals surface area contributed by atoms with Crippen molar-refractivity contribution < 1.29 is 27.5 Å². The number of carbonyl (C=O) groups is 2. The lowest BCUT2D eigenvalue weighted by Gasteiger charge is -2.16. The van der Waals surface area contributed by atoms with Gasteiger partial charge in [0.1, 0.15) is 0 Å². The number of ether oxygens (including phenoxy) is 1. The lowest BCUT2D eigenvalue weighted by atomic mass is 10.1. The molecule has 0 aliphatic carbocycles. The van der Waals surface area contributed by atoms with E-state index in [1.807, 2.05) is 11.4 Å². The molecule has 1 heterocycles. The van der Waals surface area contributed by atoms with E-state index in [4.69, 9.17) is 4.74 Å². The molecular formula is C17H14F3NO3S. The molecule has 0 saturated heterocycles. The molecule has 0 unspecified atom stereocenters. The molecule has 0 radical (unpaired) electrons. The van der Waals surface area contributed by atoms with Crippen LogP contribution in [0.2, 0.25) is 0 Å². The van der Waals surface area contributed by atoms with Gasteiger partial charge in [-0.05, 0) is 36.6 Å². The van der Waals surface area contributed by atoms with Gasteiger partial charge in [-0.3, -0.25) is 4.79 Å². The first kappa shape index (κ1) is 18.7. The van der Waals surface area contributed by atoms with Crippen LogP contribution in [-0.2, 0) is 20.5 Å². The number of halogens is 3. The van der Waals surface area contributed by atoms with E-state index in [9.17, 15) is 22.8 Å². The quantitative estimate of drug-likeness (QED) is 0.630. The van der Waals surface area contributed by atoms with E-state index < -0.39 is 35.4 Å². The molecule has 2 aromatic rings. The minimum atomic E-state index is -4.60. The molecule has 1 aromatic heterocycles. The van der Waals surface area contributed by atoms with Crippen molar-refractivity contribution in [2.75, 3.05) is 5.32 Å². The summed E-state index contributed by atoms with van der Waals surface area (Å²) < 4.78 is 43.6. The van der Waals surface area contributed by atoms with Gasteiger partial charge in [0.25, 0.3) is 5.91 Å². The number of benzene rings is 1. The van der Waals surface area contributed by atoms with Crippen LogP contribution in [0.3, 0.4) is 0 Å². The van der Waals surface area contributed by atoms with Crippen LogP contribution in [0.15, 0.2) is 47.9 Å². The van der Waals surface area contributed by atoms with E-state index in [-0.39, 0.29) is 0 Å². The van der Waals surface area contributed by atoms with Gasteiger partial charge in [0.2, 0.25) is 0 Å². The molecule has 0 saturated carbocycles. The minimum absolute atomic E-state index is 0.392. The third-order valence-electron chi connectivity index (χ3n) is 3.08. The van der Waals surface area contributed by atoms with Gasteiger partial charge in [-0.25, -0.2) is 4.79 Å². The molecule has 0 aliphatic heterocycles. The highest BCUT2D eigenvalue weighted by Crippen LogP contribution is 2.34. The van der Waals surface area contributed by atoms with Crippen molar-refractivity contribution >= 4 is 35.0 Å². The number of rotatable bonds is 5. The van der Waals surface area contributed by atoms with Gasteiger partial charge in [-0.15, -0.1) is 11.3 Å². The van der Waals surface area contributed by atoms with E-state index in [0.29, 0.717) is 0 Å². The predicted molar refractivity (Wildman–Crippen MR) is 89.0 cm³/mol. The lowest BCUT2D eigenvalue weighted by Crippen LogP contribution is -2.30. The monoisotopic (exact) mass is 369 g/mol. The number of thiophene rings is 1. The Balaban J connectivity index is 1.98. The summed E-state index contributed by atoms with van der Waals surface area (Å²) in [7, 11) is 0. The number of alkyl halides is 3. The molecule has 0 bridgehead atoms. The van der Waals surface area contributed by atoms with E-state index in [1.54, 1.807) is 6.07 Å². The molecule has 132 valence electrons. The Labute approximate surface area is 145 Å². The molecule has 1 atom stereocenters. The minimum Gasteiger partial charge on any atom is -0.449 e. The third kappa shape index (κ3) is 5.46. The second kappa shape index (κ2) is 7.98. The first-order valence-corrected chi connectivity index (χ1v) is 8.04.